The average molecular weight is 381 g/mol. The molecule has 3 rings (SSSR count). The van der Waals surface area contributed by atoms with Crippen LogP contribution in [0.5, 0.6) is 11.5 Å². The molecule has 3 aromatic rings. The molecule has 0 atom stereocenters. The third kappa shape index (κ3) is 4.96. The number of hydrogen-bond acceptors (Lipinski definition) is 7. The largest absolute Gasteiger partial charge is 0.497 e. The Hall–Kier alpha value is -3.57. The number of aromatic nitrogens is 1. The Bertz CT molecular complexity index is 969. The second-order valence-electron chi connectivity index (χ2n) is 5.23. The Kier molecular flexibility index (Phi) is 5.87. The van der Waals surface area contributed by atoms with Crippen LogP contribution in [0.15, 0.2) is 58.0 Å². The van der Waals surface area contributed by atoms with E-state index < -0.39 is 5.91 Å². The number of nitrogens with one attached hydrogen (secondary N) is 1. The first kappa shape index (κ1) is 18.2. The molecule has 27 heavy (non-hydrogen) atoms. The molecule has 0 radical (unpaired) electrons. The highest BCUT2D eigenvalue weighted by atomic mass is 32.1. The summed E-state index contributed by atoms with van der Waals surface area (Å²) in [6.45, 7) is 0.216. The Morgan fingerprint density at radius 1 is 1.30 bits per heavy atom. The van der Waals surface area contributed by atoms with Crippen molar-refractivity contribution >= 4 is 28.5 Å². The summed E-state index contributed by atoms with van der Waals surface area (Å²) in [7, 11) is 1.60. The molecule has 0 unspecified atom stereocenters. The number of amides is 1. The molecule has 0 saturated heterocycles. The van der Waals surface area contributed by atoms with Gasteiger partial charge in [0, 0.05) is 17.7 Å². The minimum absolute atomic E-state index is 0.0813. The second-order valence-corrected chi connectivity index (χ2v) is 6.12. The number of ether oxygens (including phenoxy) is 2. The van der Waals surface area contributed by atoms with Crippen molar-refractivity contribution in [1.29, 1.82) is 5.26 Å². The summed E-state index contributed by atoms with van der Waals surface area (Å²) >= 11 is 1.27. The molecular weight excluding hydrogens is 366 g/mol. The molecule has 0 aliphatic rings. The van der Waals surface area contributed by atoms with Crippen LogP contribution in [-0.4, -0.2) is 18.0 Å². The zero-order valence-corrected chi connectivity index (χ0v) is 15.2. The Morgan fingerprint density at radius 3 is 2.74 bits per heavy atom. The highest BCUT2D eigenvalue weighted by molar-refractivity contribution is 7.13. The third-order valence-corrected chi connectivity index (χ3v) is 4.12. The summed E-state index contributed by atoms with van der Waals surface area (Å²) in [4.78, 5) is 16.1. The fourth-order valence-corrected chi connectivity index (χ4v) is 2.64. The minimum atomic E-state index is -0.542. The summed E-state index contributed by atoms with van der Waals surface area (Å²) in [6, 6.07) is 12.4. The van der Waals surface area contributed by atoms with Crippen molar-refractivity contribution < 1.29 is 18.7 Å². The fraction of sp³-hybridized carbons (Fsp3) is 0.105. The van der Waals surface area contributed by atoms with Crippen molar-refractivity contribution in [3.8, 4) is 17.6 Å². The lowest BCUT2D eigenvalue weighted by molar-refractivity contribution is -0.112. The fourth-order valence-electron chi connectivity index (χ4n) is 2.12. The van der Waals surface area contributed by atoms with E-state index in [1.807, 2.05) is 6.07 Å². The number of nitriles is 1. The van der Waals surface area contributed by atoms with Gasteiger partial charge in [0.2, 0.25) is 0 Å². The van der Waals surface area contributed by atoms with Crippen LogP contribution in [0.1, 0.15) is 11.5 Å². The zero-order chi connectivity index (χ0) is 19.1. The lowest BCUT2D eigenvalue weighted by Crippen LogP contribution is -2.13. The molecule has 0 aliphatic carbocycles. The van der Waals surface area contributed by atoms with Crippen LogP contribution in [0.25, 0.3) is 6.08 Å². The highest BCUT2D eigenvalue weighted by Gasteiger charge is 2.12. The maximum atomic E-state index is 12.1. The SMILES string of the molecule is COc1ccc(OCc2ccc(C=C(C#N)C(=O)Nc3nccs3)o2)cc1. The zero-order valence-electron chi connectivity index (χ0n) is 14.3. The number of nitrogens with zero attached hydrogens (tertiary/aromatic N) is 2. The van der Waals surface area contributed by atoms with Crippen molar-refractivity contribution in [1.82, 2.24) is 4.98 Å². The Labute approximate surface area is 159 Å². The van der Waals surface area contributed by atoms with Crippen molar-refractivity contribution in [2.24, 2.45) is 0 Å². The van der Waals surface area contributed by atoms with Gasteiger partial charge in [-0.2, -0.15) is 5.26 Å². The predicted octanol–water partition coefficient (Wildman–Crippen LogP) is 3.87. The quantitative estimate of drug-likeness (QED) is 0.493. The molecule has 7 nitrogen and oxygen atoms in total. The molecule has 2 heterocycles. The van der Waals surface area contributed by atoms with Gasteiger partial charge >= 0.3 is 0 Å². The van der Waals surface area contributed by atoms with Crippen LogP contribution in [0.2, 0.25) is 0 Å². The van der Waals surface area contributed by atoms with Crippen LogP contribution in [0, 0.1) is 11.3 Å². The Balaban J connectivity index is 1.62. The maximum absolute atomic E-state index is 12.1. The molecule has 2 aromatic heterocycles. The number of carbonyl (C=O) groups is 1. The minimum Gasteiger partial charge on any atom is -0.497 e. The molecule has 0 saturated carbocycles. The summed E-state index contributed by atoms with van der Waals surface area (Å²) in [5.74, 6) is 1.82. The van der Waals surface area contributed by atoms with Crippen molar-refractivity contribution in [2.45, 2.75) is 6.61 Å². The normalized spacial score (nSPS) is 10.9. The van der Waals surface area contributed by atoms with E-state index in [4.69, 9.17) is 13.9 Å². The van der Waals surface area contributed by atoms with Crippen molar-refractivity contribution in [2.75, 3.05) is 12.4 Å². The van der Waals surface area contributed by atoms with E-state index in [9.17, 15) is 10.1 Å². The molecule has 0 fully saturated rings. The van der Waals surface area contributed by atoms with E-state index >= 15 is 0 Å². The van der Waals surface area contributed by atoms with Gasteiger partial charge in [0.25, 0.3) is 5.91 Å². The van der Waals surface area contributed by atoms with Crippen LogP contribution in [-0.2, 0) is 11.4 Å². The summed E-state index contributed by atoms with van der Waals surface area (Å²) in [5, 5.41) is 13.9. The van der Waals surface area contributed by atoms with Gasteiger partial charge in [-0.1, -0.05) is 0 Å². The van der Waals surface area contributed by atoms with Gasteiger partial charge in [0.15, 0.2) is 5.13 Å². The number of benzene rings is 1. The van der Waals surface area contributed by atoms with Crippen LogP contribution >= 0.6 is 11.3 Å². The van der Waals surface area contributed by atoms with Gasteiger partial charge < -0.3 is 13.9 Å². The smallest absolute Gasteiger partial charge is 0.268 e. The molecule has 8 heteroatoms. The molecule has 0 aliphatic heterocycles. The monoisotopic (exact) mass is 381 g/mol. The van der Waals surface area contributed by atoms with Crippen molar-refractivity contribution in [3.63, 3.8) is 0 Å². The first-order valence-electron chi connectivity index (χ1n) is 7.86. The van der Waals surface area contributed by atoms with E-state index in [-0.39, 0.29) is 12.2 Å². The van der Waals surface area contributed by atoms with Crippen LogP contribution in [0.3, 0.4) is 0 Å². The number of methoxy groups -OCH3 is 1. The van der Waals surface area contributed by atoms with Gasteiger partial charge in [-0.15, -0.1) is 11.3 Å². The highest BCUT2D eigenvalue weighted by Crippen LogP contribution is 2.20. The van der Waals surface area contributed by atoms with Gasteiger partial charge in [-0.3, -0.25) is 10.1 Å². The lowest BCUT2D eigenvalue weighted by Gasteiger charge is -2.05. The number of hydrogen-bond donors (Lipinski definition) is 1. The summed E-state index contributed by atoms with van der Waals surface area (Å²) in [6.07, 6.45) is 2.94. The summed E-state index contributed by atoms with van der Waals surface area (Å²) in [5.41, 5.74) is -0.0813. The number of carbonyl (C=O) groups excluding carboxylic acids is 1. The number of rotatable bonds is 7. The first-order chi connectivity index (χ1) is 13.2. The molecule has 1 amide bonds. The topological polar surface area (TPSA) is 97.4 Å². The standard InChI is InChI=1S/C19H15N3O4S/c1-24-14-2-4-15(5-3-14)25-12-17-7-6-16(26-17)10-13(11-20)18(23)22-19-21-8-9-27-19/h2-10H,12H2,1H3,(H,21,22,23). The maximum Gasteiger partial charge on any atom is 0.268 e. The number of anilines is 1. The van der Waals surface area contributed by atoms with Gasteiger partial charge in [-0.25, -0.2) is 4.98 Å². The Morgan fingerprint density at radius 2 is 2.07 bits per heavy atom. The van der Waals surface area contributed by atoms with E-state index in [1.165, 1.54) is 17.4 Å². The number of furan rings is 1. The summed E-state index contributed by atoms with van der Waals surface area (Å²) < 4.78 is 16.3. The van der Waals surface area contributed by atoms with Gasteiger partial charge in [0.05, 0.1) is 7.11 Å². The first-order valence-corrected chi connectivity index (χ1v) is 8.74. The predicted molar refractivity (Wildman–Crippen MR) is 100 cm³/mol. The molecule has 136 valence electrons. The van der Waals surface area contributed by atoms with Crippen LogP contribution < -0.4 is 14.8 Å². The molecule has 1 N–H and O–H groups in total. The van der Waals surface area contributed by atoms with E-state index in [0.29, 0.717) is 22.4 Å². The second kappa shape index (κ2) is 8.69. The molecule has 0 bridgehead atoms. The molecule has 0 spiro atoms. The molecule has 1 aromatic carbocycles. The molecular formula is C19H15N3O4S. The third-order valence-electron chi connectivity index (χ3n) is 3.43. The number of thiazole rings is 1. The average Bonchev–Trinajstić information content (AvgIpc) is 3.36. The van der Waals surface area contributed by atoms with Crippen molar-refractivity contribution in [3.05, 3.63) is 65.1 Å². The van der Waals surface area contributed by atoms with Crippen LogP contribution in [0.4, 0.5) is 5.13 Å². The lowest BCUT2D eigenvalue weighted by atomic mass is 10.2. The van der Waals surface area contributed by atoms with Gasteiger partial charge in [0.1, 0.15) is 41.3 Å². The van der Waals surface area contributed by atoms with E-state index in [0.717, 1.165) is 5.75 Å². The van der Waals surface area contributed by atoms with E-state index in [1.54, 1.807) is 55.1 Å². The van der Waals surface area contributed by atoms with E-state index in [2.05, 4.69) is 10.3 Å². The van der Waals surface area contributed by atoms with Gasteiger partial charge in [-0.05, 0) is 36.4 Å².